The zero-order valence-electron chi connectivity index (χ0n) is 18.2. The predicted molar refractivity (Wildman–Crippen MR) is 111 cm³/mol. The van der Waals surface area contributed by atoms with Crippen molar-refractivity contribution in [1.29, 1.82) is 0 Å². The minimum atomic E-state index is -0.714. The zero-order valence-corrected chi connectivity index (χ0v) is 18.2. The third-order valence-corrected chi connectivity index (χ3v) is 7.03. The molecule has 1 aliphatic carbocycles. The molecule has 1 unspecified atom stereocenters. The van der Waals surface area contributed by atoms with Crippen molar-refractivity contribution in [2.75, 3.05) is 0 Å². The van der Waals surface area contributed by atoms with Gasteiger partial charge < -0.3 is 15.8 Å². The third kappa shape index (κ3) is 4.59. The first-order chi connectivity index (χ1) is 12.6. The van der Waals surface area contributed by atoms with Crippen LogP contribution in [0.1, 0.15) is 111 Å². The topological polar surface area (TPSA) is 64.3 Å². The Bertz CT molecular complexity index is 512. The van der Waals surface area contributed by atoms with Gasteiger partial charge in [0.2, 0.25) is 0 Å². The summed E-state index contributed by atoms with van der Waals surface area (Å²) in [6.45, 7) is 8.74. The van der Waals surface area contributed by atoms with Gasteiger partial charge in [0.15, 0.2) is 5.78 Å². The van der Waals surface area contributed by atoms with Crippen molar-refractivity contribution in [1.82, 2.24) is 5.32 Å². The van der Waals surface area contributed by atoms with Gasteiger partial charge in [0.25, 0.3) is 0 Å². The van der Waals surface area contributed by atoms with Crippen molar-refractivity contribution in [3.8, 4) is 0 Å². The first-order valence-corrected chi connectivity index (χ1v) is 11.4. The summed E-state index contributed by atoms with van der Waals surface area (Å²) in [6.07, 6.45) is 14.7. The first-order valence-electron chi connectivity index (χ1n) is 11.4. The predicted octanol–water partition coefficient (Wildman–Crippen LogP) is 4.64. The molecule has 0 aromatic rings. The average molecular weight is 379 g/mol. The molecule has 0 aromatic carbocycles. The van der Waals surface area contributed by atoms with E-state index in [0.717, 1.165) is 38.5 Å². The van der Waals surface area contributed by atoms with Gasteiger partial charge >= 0.3 is 0 Å². The highest BCUT2D eigenvalue weighted by Crippen LogP contribution is 2.50. The fourth-order valence-corrected chi connectivity index (χ4v) is 6.39. The summed E-state index contributed by atoms with van der Waals surface area (Å²) in [5, 5.41) is 3.69. The molecule has 1 atom stereocenters. The number of Topliss-reactive ketones (excluding diaryl/α,β-unsaturated/α-hetero) is 1. The molecule has 3 fully saturated rings. The van der Waals surface area contributed by atoms with E-state index in [0.29, 0.717) is 0 Å². The third-order valence-electron chi connectivity index (χ3n) is 7.03. The average Bonchev–Trinajstić information content (AvgIpc) is 2.70. The van der Waals surface area contributed by atoms with Crippen molar-refractivity contribution in [2.24, 2.45) is 5.73 Å². The maximum atomic E-state index is 13.5. The largest absolute Gasteiger partial charge is 0.358 e. The van der Waals surface area contributed by atoms with Crippen LogP contribution in [0, 0.1) is 0 Å². The number of rotatable bonds is 0. The first kappa shape index (κ1) is 21.3. The highest BCUT2D eigenvalue weighted by Gasteiger charge is 2.64. The molecule has 2 saturated heterocycles. The summed E-state index contributed by atoms with van der Waals surface area (Å²) in [6, 6.07) is -0.467. The quantitative estimate of drug-likeness (QED) is 0.645. The molecule has 0 aromatic heterocycles. The van der Waals surface area contributed by atoms with Gasteiger partial charge in [-0.05, 0) is 40.5 Å². The fourth-order valence-electron chi connectivity index (χ4n) is 6.39. The maximum Gasteiger partial charge on any atom is 0.184 e. The molecule has 27 heavy (non-hydrogen) atoms. The summed E-state index contributed by atoms with van der Waals surface area (Å²) in [5.41, 5.74) is 5.24. The minimum absolute atomic E-state index is 0.131. The second-order valence-electron chi connectivity index (χ2n) is 10.9. The summed E-state index contributed by atoms with van der Waals surface area (Å²) in [4.78, 5) is 13.5. The molecule has 0 bridgehead atoms. The molecular weight excluding hydrogens is 336 g/mol. The number of carbonyl (C=O) groups excluding carboxylic acids is 1. The molecular formula is C23H42N2O2. The van der Waals surface area contributed by atoms with E-state index < -0.39 is 17.2 Å². The molecule has 4 heteroatoms. The normalized spacial score (nSPS) is 33.5. The van der Waals surface area contributed by atoms with Gasteiger partial charge in [-0.3, -0.25) is 4.79 Å². The highest BCUT2D eigenvalue weighted by atomic mass is 16.5. The zero-order chi connectivity index (χ0) is 19.8. The molecule has 3 aliphatic rings. The highest BCUT2D eigenvalue weighted by molar-refractivity contribution is 5.95. The van der Waals surface area contributed by atoms with Gasteiger partial charge in [-0.15, -0.1) is 0 Å². The van der Waals surface area contributed by atoms with Crippen LogP contribution in [0.25, 0.3) is 0 Å². The van der Waals surface area contributed by atoms with Gasteiger partial charge in [0, 0.05) is 23.9 Å². The van der Waals surface area contributed by atoms with Crippen LogP contribution in [0.5, 0.6) is 0 Å². The minimum Gasteiger partial charge on any atom is -0.358 e. The van der Waals surface area contributed by atoms with Crippen LogP contribution in [-0.2, 0) is 9.53 Å². The van der Waals surface area contributed by atoms with Crippen molar-refractivity contribution >= 4 is 5.78 Å². The Morgan fingerprint density at radius 3 is 1.67 bits per heavy atom. The molecule has 4 nitrogen and oxygen atoms in total. The number of piperidine rings is 1. The summed E-state index contributed by atoms with van der Waals surface area (Å²) in [5.74, 6) is 0.164. The Balaban J connectivity index is 1.85. The Morgan fingerprint density at radius 1 is 0.815 bits per heavy atom. The molecule has 2 heterocycles. The number of hydrogen-bond acceptors (Lipinski definition) is 4. The van der Waals surface area contributed by atoms with Crippen LogP contribution < -0.4 is 11.1 Å². The molecule has 0 radical (unpaired) electrons. The van der Waals surface area contributed by atoms with Crippen molar-refractivity contribution in [3.05, 3.63) is 0 Å². The lowest BCUT2D eigenvalue weighted by Gasteiger charge is -2.51. The van der Waals surface area contributed by atoms with Crippen LogP contribution in [-0.4, -0.2) is 34.1 Å². The van der Waals surface area contributed by atoms with E-state index in [1.807, 2.05) is 0 Å². The van der Waals surface area contributed by atoms with Gasteiger partial charge in [-0.2, -0.15) is 0 Å². The van der Waals surface area contributed by atoms with E-state index in [2.05, 4.69) is 33.0 Å². The lowest BCUT2D eigenvalue weighted by atomic mass is 9.70. The van der Waals surface area contributed by atoms with E-state index in [4.69, 9.17) is 10.5 Å². The fraction of sp³-hybridized carbons (Fsp3) is 0.957. The van der Waals surface area contributed by atoms with Crippen molar-refractivity contribution in [3.63, 3.8) is 0 Å². The molecule has 2 spiro atoms. The molecule has 3 N–H and O–H groups in total. The number of nitrogens with two attached hydrogens (primary N) is 1. The SMILES string of the molecule is CC1(C)CC2(CC(C)(C)N1)OC1(CCCCCCCCCCC1)C(N)C2=O. The van der Waals surface area contributed by atoms with Crippen molar-refractivity contribution in [2.45, 2.75) is 139 Å². The van der Waals surface area contributed by atoms with Gasteiger partial charge in [-0.1, -0.05) is 57.8 Å². The number of ether oxygens (including phenoxy) is 1. The number of ketones is 1. The number of hydrogen-bond donors (Lipinski definition) is 2. The maximum absolute atomic E-state index is 13.5. The molecule has 2 aliphatic heterocycles. The molecule has 156 valence electrons. The van der Waals surface area contributed by atoms with Gasteiger partial charge in [0.1, 0.15) is 5.60 Å². The van der Waals surface area contributed by atoms with E-state index in [9.17, 15) is 4.79 Å². The summed E-state index contributed by atoms with van der Waals surface area (Å²) in [7, 11) is 0. The van der Waals surface area contributed by atoms with E-state index in [1.54, 1.807) is 0 Å². The van der Waals surface area contributed by atoms with Gasteiger partial charge in [-0.25, -0.2) is 0 Å². The number of nitrogens with one attached hydrogen (secondary N) is 1. The van der Waals surface area contributed by atoms with Crippen LogP contribution >= 0.6 is 0 Å². The van der Waals surface area contributed by atoms with Crippen LogP contribution in [0.4, 0.5) is 0 Å². The molecule has 3 rings (SSSR count). The summed E-state index contributed by atoms with van der Waals surface area (Å²) < 4.78 is 6.90. The lowest BCUT2D eigenvalue weighted by Crippen LogP contribution is -2.65. The monoisotopic (exact) mass is 378 g/mol. The van der Waals surface area contributed by atoms with E-state index in [-0.39, 0.29) is 16.9 Å². The van der Waals surface area contributed by atoms with E-state index in [1.165, 1.54) is 44.9 Å². The molecule has 0 amide bonds. The standard InChI is InChI=1S/C23H42N2O2/c1-20(2)16-23(17-21(3,4)25-20)19(26)18(24)22(27-23)14-12-10-8-6-5-7-9-11-13-15-22/h18,25H,5-17,24H2,1-4H3. The Kier molecular flexibility index (Phi) is 6.11. The van der Waals surface area contributed by atoms with E-state index >= 15 is 0 Å². The van der Waals surface area contributed by atoms with Crippen molar-refractivity contribution < 1.29 is 9.53 Å². The van der Waals surface area contributed by atoms with Crippen LogP contribution in [0.3, 0.4) is 0 Å². The lowest BCUT2D eigenvalue weighted by molar-refractivity contribution is -0.164. The van der Waals surface area contributed by atoms with Crippen LogP contribution in [0.2, 0.25) is 0 Å². The summed E-state index contributed by atoms with van der Waals surface area (Å²) >= 11 is 0. The Morgan fingerprint density at radius 2 is 1.22 bits per heavy atom. The smallest absolute Gasteiger partial charge is 0.184 e. The van der Waals surface area contributed by atoms with Gasteiger partial charge in [0.05, 0.1) is 11.6 Å². The second kappa shape index (κ2) is 7.76. The Labute approximate surface area is 166 Å². The van der Waals surface area contributed by atoms with Crippen LogP contribution in [0.15, 0.2) is 0 Å². The Hall–Kier alpha value is -0.450. The second-order valence-corrected chi connectivity index (χ2v) is 10.9. The number of carbonyl (C=O) groups is 1. The molecule has 1 saturated carbocycles.